The largest absolute Gasteiger partial charge is 0.481 e. The number of carboxylic acids is 1. The number of nitrogens with one attached hydrogen (secondary N) is 1. The second-order valence-corrected chi connectivity index (χ2v) is 6.74. The first-order valence-electron chi connectivity index (χ1n) is 8.91. The highest BCUT2D eigenvalue weighted by atomic mass is 16.4. The lowest BCUT2D eigenvalue weighted by Gasteiger charge is -2.30. The zero-order chi connectivity index (χ0) is 19.2. The summed E-state index contributed by atoms with van der Waals surface area (Å²) in [5.41, 5.74) is 2.64. The predicted octanol–water partition coefficient (Wildman–Crippen LogP) is 3.11. The van der Waals surface area contributed by atoms with E-state index in [-0.39, 0.29) is 11.8 Å². The monoisotopic (exact) mass is 363 g/mol. The standard InChI is InChI=1S/C21H21N3O3/c22-13-15-3-1-5-18(11-15)20(25)23-19-6-2-4-16(12-19)14-24-9-7-17(8-10-24)21(26)27/h1-6,11-12,17H,7-10,14H2,(H,23,25)(H,26,27). The summed E-state index contributed by atoms with van der Waals surface area (Å²) < 4.78 is 0. The number of likely N-dealkylation sites (tertiary alicyclic amines) is 1. The van der Waals surface area contributed by atoms with E-state index in [0.717, 1.165) is 25.2 Å². The Kier molecular flexibility index (Phi) is 5.84. The van der Waals surface area contributed by atoms with Gasteiger partial charge in [0.2, 0.25) is 0 Å². The molecule has 2 aromatic carbocycles. The Bertz CT molecular complexity index is 880. The lowest BCUT2D eigenvalue weighted by molar-refractivity contribution is -0.143. The summed E-state index contributed by atoms with van der Waals surface area (Å²) in [6.45, 7) is 2.24. The fourth-order valence-electron chi connectivity index (χ4n) is 3.28. The van der Waals surface area contributed by atoms with E-state index in [1.165, 1.54) is 0 Å². The van der Waals surface area contributed by atoms with Gasteiger partial charge in [0, 0.05) is 17.8 Å². The third-order valence-electron chi connectivity index (χ3n) is 4.78. The summed E-state index contributed by atoms with van der Waals surface area (Å²) in [6.07, 6.45) is 1.34. The van der Waals surface area contributed by atoms with E-state index in [2.05, 4.69) is 10.2 Å². The molecule has 6 nitrogen and oxygen atoms in total. The summed E-state index contributed by atoms with van der Waals surface area (Å²) in [5, 5.41) is 20.9. The second kappa shape index (κ2) is 8.47. The van der Waals surface area contributed by atoms with Crippen molar-refractivity contribution in [1.29, 1.82) is 5.26 Å². The lowest BCUT2D eigenvalue weighted by Crippen LogP contribution is -2.35. The molecule has 0 aliphatic carbocycles. The Morgan fingerprint density at radius 1 is 1.15 bits per heavy atom. The van der Waals surface area contributed by atoms with Gasteiger partial charge in [-0.25, -0.2) is 0 Å². The number of hydrogen-bond acceptors (Lipinski definition) is 4. The van der Waals surface area contributed by atoms with E-state index in [1.54, 1.807) is 24.3 Å². The van der Waals surface area contributed by atoms with Crippen molar-refractivity contribution in [2.24, 2.45) is 5.92 Å². The lowest BCUT2D eigenvalue weighted by atomic mass is 9.97. The molecule has 0 spiro atoms. The average molecular weight is 363 g/mol. The van der Waals surface area contributed by atoms with Crippen LogP contribution in [0.5, 0.6) is 0 Å². The van der Waals surface area contributed by atoms with Crippen molar-refractivity contribution >= 4 is 17.6 Å². The van der Waals surface area contributed by atoms with Crippen molar-refractivity contribution in [3.63, 3.8) is 0 Å². The molecule has 1 saturated heterocycles. The van der Waals surface area contributed by atoms with Crippen LogP contribution in [0.25, 0.3) is 0 Å². The van der Waals surface area contributed by atoms with Crippen LogP contribution in [0.15, 0.2) is 48.5 Å². The van der Waals surface area contributed by atoms with Crippen molar-refractivity contribution in [3.05, 3.63) is 65.2 Å². The van der Waals surface area contributed by atoms with E-state index < -0.39 is 5.97 Å². The van der Waals surface area contributed by atoms with E-state index in [4.69, 9.17) is 10.4 Å². The van der Waals surface area contributed by atoms with E-state index in [0.29, 0.717) is 29.7 Å². The number of nitriles is 1. The predicted molar refractivity (Wildman–Crippen MR) is 101 cm³/mol. The number of carbonyl (C=O) groups excluding carboxylic acids is 1. The van der Waals surface area contributed by atoms with Gasteiger partial charge >= 0.3 is 5.97 Å². The molecule has 0 atom stereocenters. The fraction of sp³-hybridized carbons (Fsp3) is 0.286. The molecule has 2 N–H and O–H groups in total. The van der Waals surface area contributed by atoms with Gasteiger partial charge in [-0.2, -0.15) is 5.26 Å². The normalized spacial score (nSPS) is 15.1. The van der Waals surface area contributed by atoms with Crippen molar-refractivity contribution in [2.75, 3.05) is 18.4 Å². The SMILES string of the molecule is N#Cc1cccc(C(=O)Nc2cccc(CN3CCC(C(=O)O)CC3)c2)c1. The van der Waals surface area contributed by atoms with Gasteiger partial charge < -0.3 is 10.4 Å². The Balaban J connectivity index is 1.61. The summed E-state index contributed by atoms with van der Waals surface area (Å²) in [4.78, 5) is 25.7. The molecule has 1 fully saturated rings. The number of carbonyl (C=O) groups is 2. The Labute approximate surface area is 158 Å². The smallest absolute Gasteiger partial charge is 0.306 e. The Morgan fingerprint density at radius 2 is 1.89 bits per heavy atom. The first kappa shape index (κ1) is 18.6. The summed E-state index contributed by atoms with van der Waals surface area (Å²) in [5.74, 6) is -1.21. The first-order chi connectivity index (χ1) is 13.0. The van der Waals surface area contributed by atoms with Gasteiger partial charge in [0.05, 0.1) is 17.6 Å². The molecule has 1 heterocycles. The molecular formula is C21H21N3O3. The molecule has 0 bridgehead atoms. The zero-order valence-electron chi connectivity index (χ0n) is 14.9. The minimum atomic E-state index is -0.708. The van der Waals surface area contributed by atoms with Gasteiger partial charge in [0.15, 0.2) is 0 Å². The van der Waals surface area contributed by atoms with Crippen LogP contribution >= 0.6 is 0 Å². The minimum Gasteiger partial charge on any atom is -0.481 e. The molecule has 1 aliphatic heterocycles. The molecule has 138 valence electrons. The van der Waals surface area contributed by atoms with Crippen LogP contribution in [0.3, 0.4) is 0 Å². The quantitative estimate of drug-likeness (QED) is 0.851. The molecule has 27 heavy (non-hydrogen) atoms. The topological polar surface area (TPSA) is 93.4 Å². The van der Waals surface area contributed by atoms with Crippen molar-refractivity contribution in [3.8, 4) is 6.07 Å². The zero-order valence-corrected chi connectivity index (χ0v) is 14.9. The number of piperidine rings is 1. The maximum atomic E-state index is 12.4. The number of amides is 1. The average Bonchev–Trinajstić information content (AvgIpc) is 2.68. The molecule has 0 radical (unpaired) electrons. The van der Waals surface area contributed by atoms with Crippen LogP contribution in [0, 0.1) is 17.2 Å². The molecule has 6 heteroatoms. The molecule has 0 unspecified atom stereocenters. The van der Waals surface area contributed by atoms with Gasteiger partial charge in [-0.1, -0.05) is 18.2 Å². The van der Waals surface area contributed by atoms with Gasteiger partial charge in [0.25, 0.3) is 5.91 Å². The maximum Gasteiger partial charge on any atom is 0.306 e. The highest BCUT2D eigenvalue weighted by Gasteiger charge is 2.24. The number of hydrogen-bond donors (Lipinski definition) is 2. The minimum absolute atomic E-state index is 0.240. The molecule has 0 aromatic heterocycles. The Hall–Kier alpha value is -3.17. The molecule has 0 saturated carbocycles. The van der Waals surface area contributed by atoms with E-state index in [1.807, 2.05) is 30.3 Å². The van der Waals surface area contributed by atoms with E-state index in [9.17, 15) is 9.59 Å². The van der Waals surface area contributed by atoms with Crippen LogP contribution in [0.1, 0.15) is 34.3 Å². The molecule has 1 amide bonds. The fourth-order valence-corrected chi connectivity index (χ4v) is 3.28. The van der Waals surface area contributed by atoms with Gasteiger partial charge in [0.1, 0.15) is 0 Å². The summed E-state index contributed by atoms with van der Waals surface area (Å²) in [7, 11) is 0. The van der Waals surface area contributed by atoms with Crippen molar-refractivity contribution in [2.45, 2.75) is 19.4 Å². The number of rotatable bonds is 5. The number of carboxylic acid groups (broad SMARTS) is 1. The van der Waals surface area contributed by atoms with Crippen LogP contribution in [-0.4, -0.2) is 35.0 Å². The van der Waals surface area contributed by atoms with Crippen molar-refractivity contribution in [1.82, 2.24) is 4.90 Å². The third-order valence-corrected chi connectivity index (χ3v) is 4.78. The number of aliphatic carboxylic acids is 1. The highest BCUT2D eigenvalue weighted by Crippen LogP contribution is 2.20. The van der Waals surface area contributed by atoms with Gasteiger partial charge in [-0.05, 0) is 61.8 Å². The van der Waals surface area contributed by atoms with E-state index >= 15 is 0 Å². The molecule has 1 aliphatic rings. The first-order valence-corrected chi connectivity index (χ1v) is 8.91. The second-order valence-electron chi connectivity index (χ2n) is 6.74. The van der Waals surface area contributed by atoms with Gasteiger partial charge in [-0.3, -0.25) is 14.5 Å². The summed E-state index contributed by atoms with van der Waals surface area (Å²) >= 11 is 0. The van der Waals surface area contributed by atoms with Crippen LogP contribution in [0.2, 0.25) is 0 Å². The summed E-state index contributed by atoms with van der Waals surface area (Å²) in [6, 6.07) is 16.2. The number of nitrogens with zero attached hydrogens (tertiary/aromatic N) is 2. The van der Waals surface area contributed by atoms with Gasteiger partial charge in [-0.15, -0.1) is 0 Å². The number of anilines is 1. The van der Waals surface area contributed by atoms with Crippen LogP contribution in [0.4, 0.5) is 5.69 Å². The van der Waals surface area contributed by atoms with Crippen LogP contribution in [-0.2, 0) is 11.3 Å². The van der Waals surface area contributed by atoms with Crippen molar-refractivity contribution < 1.29 is 14.7 Å². The van der Waals surface area contributed by atoms with Crippen LogP contribution < -0.4 is 5.32 Å². The highest BCUT2D eigenvalue weighted by molar-refractivity contribution is 6.04. The third kappa shape index (κ3) is 4.93. The number of benzene rings is 2. The molecule has 3 rings (SSSR count). The Morgan fingerprint density at radius 3 is 2.59 bits per heavy atom. The maximum absolute atomic E-state index is 12.4. The molecular weight excluding hydrogens is 342 g/mol. The molecule has 2 aromatic rings.